The molecule has 0 spiro atoms. The summed E-state index contributed by atoms with van der Waals surface area (Å²) in [4.78, 5) is 11.6. The molecule has 7 heteroatoms. The number of hydrogen-bond donors (Lipinski definition) is 3. The number of aliphatic hydroxyl groups is 1. The van der Waals surface area contributed by atoms with Crippen molar-refractivity contribution in [2.45, 2.75) is 12.6 Å². The van der Waals surface area contributed by atoms with Crippen molar-refractivity contribution >= 4 is 23.1 Å². The second-order valence-electron chi connectivity index (χ2n) is 3.81. The minimum Gasteiger partial charge on any atom is -0.387 e. The number of rotatable bonds is 5. The monoisotopic (exact) mass is 266 g/mol. The topological polar surface area (TPSA) is 93.2 Å². The molecule has 1 unspecified atom stereocenters. The number of carbonyl (C=O) groups is 1. The van der Waals surface area contributed by atoms with Gasteiger partial charge in [-0.15, -0.1) is 0 Å². The quantitative estimate of drug-likeness (QED) is 0.729. The van der Waals surface area contributed by atoms with Gasteiger partial charge in [0.1, 0.15) is 12.4 Å². The highest BCUT2D eigenvalue weighted by Gasteiger charge is 2.10. The smallest absolute Gasteiger partial charge is 0.241 e. The Kier molecular flexibility index (Phi) is 3.96. The Morgan fingerprint density at radius 3 is 3.06 bits per heavy atom. The van der Waals surface area contributed by atoms with Gasteiger partial charge < -0.3 is 16.2 Å². The molecule has 0 aromatic carbocycles. The first-order valence-electron chi connectivity index (χ1n) is 5.41. The van der Waals surface area contributed by atoms with Crippen LogP contribution in [0.15, 0.2) is 29.1 Å². The predicted molar refractivity (Wildman–Crippen MR) is 68.9 cm³/mol. The van der Waals surface area contributed by atoms with Gasteiger partial charge in [0.15, 0.2) is 0 Å². The van der Waals surface area contributed by atoms with E-state index >= 15 is 0 Å². The zero-order valence-electron chi connectivity index (χ0n) is 9.61. The predicted octanol–water partition coefficient (Wildman–Crippen LogP) is 0.377. The molecule has 0 aliphatic heterocycles. The zero-order valence-corrected chi connectivity index (χ0v) is 10.4. The van der Waals surface area contributed by atoms with Gasteiger partial charge in [0, 0.05) is 12.7 Å². The van der Waals surface area contributed by atoms with Gasteiger partial charge in [-0.1, -0.05) is 0 Å². The maximum atomic E-state index is 11.6. The molecule has 0 aliphatic rings. The molecule has 1 amide bonds. The molecular formula is C11H14N4O2S. The van der Waals surface area contributed by atoms with Gasteiger partial charge in [0.25, 0.3) is 0 Å². The van der Waals surface area contributed by atoms with Crippen LogP contribution < -0.4 is 11.1 Å². The number of thiophene rings is 1. The number of aliphatic hydroxyl groups excluding tert-OH is 1. The Labute approximate surface area is 108 Å². The van der Waals surface area contributed by atoms with E-state index in [4.69, 9.17) is 5.73 Å². The van der Waals surface area contributed by atoms with E-state index in [9.17, 15) is 9.90 Å². The molecule has 2 heterocycles. The van der Waals surface area contributed by atoms with Crippen molar-refractivity contribution in [3.05, 3.63) is 34.7 Å². The minimum absolute atomic E-state index is 0.0908. The maximum Gasteiger partial charge on any atom is 0.241 e. The summed E-state index contributed by atoms with van der Waals surface area (Å²) in [6, 6.07) is 3.45. The summed E-state index contributed by atoms with van der Waals surface area (Å²) in [5.41, 5.74) is 6.25. The standard InChI is InChI=1S/C11H14N4O2S/c12-10-1-3-15(14-10)6-11(17)13-5-9(16)8-2-4-18-7-8/h1-4,7,9,16H,5-6H2,(H2,12,14)(H,13,17). The van der Waals surface area contributed by atoms with Gasteiger partial charge in [-0.25, -0.2) is 0 Å². The highest BCUT2D eigenvalue weighted by Crippen LogP contribution is 2.14. The van der Waals surface area contributed by atoms with Crippen LogP contribution in [0.4, 0.5) is 5.82 Å². The fourth-order valence-electron chi connectivity index (χ4n) is 1.46. The molecule has 0 radical (unpaired) electrons. The highest BCUT2D eigenvalue weighted by atomic mass is 32.1. The Hall–Kier alpha value is -1.86. The zero-order chi connectivity index (χ0) is 13.0. The summed E-state index contributed by atoms with van der Waals surface area (Å²) in [6.07, 6.45) is 0.951. The summed E-state index contributed by atoms with van der Waals surface area (Å²) in [5.74, 6) is 0.161. The van der Waals surface area contributed by atoms with Gasteiger partial charge in [0.05, 0.1) is 6.10 Å². The average Bonchev–Trinajstić information content (AvgIpc) is 2.97. The van der Waals surface area contributed by atoms with E-state index in [1.807, 2.05) is 16.8 Å². The molecule has 2 aromatic heterocycles. The van der Waals surface area contributed by atoms with E-state index in [0.717, 1.165) is 5.56 Å². The largest absolute Gasteiger partial charge is 0.387 e. The normalized spacial score (nSPS) is 12.3. The molecule has 96 valence electrons. The van der Waals surface area contributed by atoms with Crippen molar-refractivity contribution in [1.82, 2.24) is 15.1 Å². The van der Waals surface area contributed by atoms with Gasteiger partial charge in [0.2, 0.25) is 5.91 Å². The molecular weight excluding hydrogens is 252 g/mol. The highest BCUT2D eigenvalue weighted by molar-refractivity contribution is 7.07. The van der Waals surface area contributed by atoms with E-state index in [2.05, 4.69) is 10.4 Å². The van der Waals surface area contributed by atoms with Crippen molar-refractivity contribution in [1.29, 1.82) is 0 Å². The van der Waals surface area contributed by atoms with E-state index < -0.39 is 6.10 Å². The first-order valence-corrected chi connectivity index (χ1v) is 6.35. The fraction of sp³-hybridized carbons (Fsp3) is 0.273. The summed E-state index contributed by atoms with van der Waals surface area (Å²) < 4.78 is 1.45. The van der Waals surface area contributed by atoms with Crippen LogP contribution in [-0.2, 0) is 11.3 Å². The van der Waals surface area contributed by atoms with Crippen molar-refractivity contribution in [3.8, 4) is 0 Å². The van der Waals surface area contributed by atoms with Crippen LogP contribution in [0.3, 0.4) is 0 Å². The van der Waals surface area contributed by atoms with Crippen LogP contribution in [0.1, 0.15) is 11.7 Å². The first-order chi connectivity index (χ1) is 8.65. The first kappa shape index (κ1) is 12.6. The Balaban J connectivity index is 1.78. The number of nitrogens with two attached hydrogens (primary N) is 1. The van der Waals surface area contributed by atoms with Crippen molar-refractivity contribution in [2.75, 3.05) is 12.3 Å². The van der Waals surface area contributed by atoms with E-state index in [1.165, 1.54) is 16.0 Å². The lowest BCUT2D eigenvalue weighted by Gasteiger charge is -2.10. The second-order valence-corrected chi connectivity index (χ2v) is 4.59. The Morgan fingerprint density at radius 2 is 2.44 bits per heavy atom. The van der Waals surface area contributed by atoms with E-state index in [1.54, 1.807) is 12.3 Å². The molecule has 4 N–H and O–H groups in total. The molecule has 18 heavy (non-hydrogen) atoms. The average molecular weight is 266 g/mol. The number of nitrogens with zero attached hydrogens (tertiary/aromatic N) is 2. The molecule has 0 saturated heterocycles. The second kappa shape index (κ2) is 5.65. The van der Waals surface area contributed by atoms with Gasteiger partial charge in [-0.05, 0) is 28.5 Å². The number of nitrogen functional groups attached to an aromatic ring is 1. The van der Waals surface area contributed by atoms with Crippen molar-refractivity contribution in [3.63, 3.8) is 0 Å². The molecule has 1 atom stereocenters. The van der Waals surface area contributed by atoms with Crippen LogP contribution in [0.25, 0.3) is 0 Å². The van der Waals surface area contributed by atoms with Crippen LogP contribution in [-0.4, -0.2) is 27.3 Å². The lowest BCUT2D eigenvalue weighted by Crippen LogP contribution is -2.31. The summed E-state index contributed by atoms with van der Waals surface area (Å²) >= 11 is 1.51. The van der Waals surface area contributed by atoms with Crippen molar-refractivity contribution < 1.29 is 9.90 Å². The van der Waals surface area contributed by atoms with Gasteiger partial charge >= 0.3 is 0 Å². The molecule has 0 saturated carbocycles. The van der Waals surface area contributed by atoms with E-state index in [-0.39, 0.29) is 19.0 Å². The number of aromatic nitrogens is 2. The molecule has 2 aromatic rings. The number of hydrogen-bond acceptors (Lipinski definition) is 5. The SMILES string of the molecule is Nc1ccn(CC(=O)NCC(O)c2ccsc2)n1. The number of carbonyl (C=O) groups excluding carboxylic acids is 1. The fourth-order valence-corrected chi connectivity index (χ4v) is 2.17. The molecule has 6 nitrogen and oxygen atoms in total. The van der Waals surface area contributed by atoms with Crippen LogP contribution in [0.2, 0.25) is 0 Å². The third-order valence-electron chi connectivity index (χ3n) is 2.39. The lowest BCUT2D eigenvalue weighted by atomic mass is 10.2. The van der Waals surface area contributed by atoms with Crippen LogP contribution >= 0.6 is 11.3 Å². The van der Waals surface area contributed by atoms with E-state index in [0.29, 0.717) is 5.82 Å². The lowest BCUT2D eigenvalue weighted by molar-refractivity contribution is -0.122. The van der Waals surface area contributed by atoms with Crippen molar-refractivity contribution in [2.24, 2.45) is 0 Å². The molecule has 0 fully saturated rings. The Morgan fingerprint density at radius 1 is 1.61 bits per heavy atom. The molecule has 0 aliphatic carbocycles. The molecule has 0 bridgehead atoms. The van der Waals surface area contributed by atoms with Crippen LogP contribution in [0, 0.1) is 0 Å². The summed E-state index contributed by atoms with van der Waals surface area (Å²) in [7, 11) is 0. The summed E-state index contributed by atoms with van der Waals surface area (Å²) in [5, 5.41) is 20.1. The maximum absolute atomic E-state index is 11.6. The van der Waals surface area contributed by atoms with Gasteiger partial charge in [-0.2, -0.15) is 16.4 Å². The summed E-state index contributed by atoms with van der Waals surface area (Å²) in [6.45, 7) is 0.278. The minimum atomic E-state index is -0.678. The number of anilines is 1. The third kappa shape index (κ3) is 3.31. The number of nitrogens with one attached hydrogen (secondary N) is 1. The molecule has 2 rings (SSSR count). The Bertz CT molecular complexity index is 509. The number of amides is 1. The third-order valence-corrected chi connectivity index (χ3v) is 3.09. The van der Waals surface area contributed by atoms with Crippen LogP contribution in [0.5, 0.6) is 0 Å². The van der Waals surface area contributed by atoms with Gasteiger partial charge in [-0.3, -0.25) is 9.48 Å².